The highest BCUT2D eigenvalue weighted by atomic mass is 32.2. The van der Waals surface area contributed by atoms with E-state index in [0.717, 1.165) is 6.42 Å². The summed E-state index contributed by atoms with van der Waals surface area (Å²) in [7, 11) is -3.91. The topological polar surface area (TPSA) is 93.1 Å². The standard InChI is InChI=1S/C8H18O6S/c1-2-8(15(10,11)12)6-4-3-5-7-13-14-9/h8-9H,2-7H2,1H3,(H,10,11,12). The second kappa shape index (κ2) is 8.00. The van der Waals surface area contributed by atoms with Crippen molar-refractivity contribution in [1.82, 2.24) is 0 Å². The Hall–Kier alpha value is -0.210. The molecule has 0 aliphatic rings. The third kappa shape index (κ3) is 7.69. The molecule has 0 aliphatic heterocycles. The van der Waals surface area contributed by atoms with Crippen LogP contribution >= 0.6 is 0 Å². The highest BCUT2D eigenvalue weighted by Gasteiger charge is 2.19. The van der Waals surface area contributed by atoms with Crippen LogP contribution in [0, 0.1) is 0 Å². The van der Waals surface area contributed by atoms with E-state index in [1.165, 1.54) is 0 Å². The van der Waals surface area contributed by atoms with Gasteiger partial charge in [-0.25, -0.2) is 10.1 Å². The molecule has 0 aliphatic carbocycles. The molecule has 0 saturated carbocycles. The molecule has 0 aromatic heterocycles. The van der Waals surface area contributed by atoms with Gasteiger partial charge in [-0.15, -0.1) is 0 Å². The molecule has 0 saturated heterocycles. The summed E-state index contributed by atoms with van der Waals surface area (Å²) in [5, 5.41) is 10.6. The Morgan fingerprint density at radius 2 is 1.93 bits per heavy atom. The van der Waals surface area contributed by atoms with Gasteiger partial charge < -0.3 is 0 Å². The molecule has 0 spiro atoms. The quantitative estimate of drug-likeness (QED) is 0.276. The Bertz CT molecular complexity index is 238. The van der Waals surface area contributed by atoms with Gasteiger partial charge in [0.15, 0.2) is 0 Å². The highest BCUT2D eigenvalue weighted by Crippen LogP contribution is 2.13. The van der Waals surface area contributed by atoms with Crippen molar-refractivity contribution in [3.63, 3.8) is 0 Å². The van der Waals surface area contributed by atoms with Crippen molar-refractivity contribution in [1.29, 1.82) is 0 Å². The second-order valence-electron chi connectivity index (χ2n) is 3.29. The summed E-state index contributed by atoms with van der Waals surface area (Å²) >= 11 is 0. The minimum absolute atomic E-state index is 0.263. The Labute approximate surface area is 89.8 Å². The summed E-state index contributed by atoms with van der Waals surface area (Å²) in [6.45, 7) is 1.99. The van der Waals surface area contributed by atoms with Crippen molar-refractivity contribution in [2.24, 2.45) is 0 Å². The van der Waals surface area contributed by atoms with Gasteiger partial charge in [-0.05, 0) is 19.3 Å². The molecular formula is C8H18O6S. The first-order valence-electron chi connectivity index (χ1n) is 4.91. The van der Waals surface area contributed by atoms with Crippen LogP contribution in [0.3, 0.4) is 0 Å². The predicted octanol–water partition coefficient (Wildman–Crippen LogP) is 1.63. The van der Waals surface area contributed by atoms with Crippen molar-refractivity contribution in [2.75, 3.05) is 6.61 Å². The first kappa shape index (κ1) is 14.8. The molecule has 2 N–H and O–H groups in total. The van der Waals surface area contributed by atoms with Crippen molar-refractivity contribution in [2.45, 2.75) is 44.3 Å². The van der Waals surface area contributed by atoms with E-state index in [1.807, 2.05) is 0 Å². The van der Waals surface area contributed by atoms with Crippen molar-refractivity contribution >= 4 is 10.1 Å². The largest absolute Gasteiger partial charge is 0.285 e. The van der Waals surface area contributed by atoms with Crippen LogP contribution in [0.15, 0.2) is 0 Å². The van der Waals surface area contributed by atoms with Gasteiger partial charge in [-0.2, -0.15) is 8.42 Å². The zero-order valence-electron chi connectivity index (χ0n) is 8.76. The normalized spacial score (nSPS) is 14.1. The molecule has 0 amide bonds. The maximum absolute atomic E-state index is 10.8. The van der Waals surface area contributed by atoms with Gasteiger partial charge in [-0.3, -0.25) is 4.55 Å². The smallest absolute Gasteiger partial charge is 0.267 e. The Kier molecular flexibility index (Phi) is 7.89. The van der Waals surface area contributed by atoms with E-state index < -0.39 is 15.4 Å². The maximum atomic E-state index is 10.8. The molecule has 1 atom stereocenters. The van der Waals surface area contributed by atoms with E-state index in [9.17, 15) is 8.42 Å². The van der Waals surface area contributed by atoms with Crippen molar-refractivity contribution in [3.05, 3.63) is 0 Å². The van der Waals surface area contributed by atoms with E-state index in [-0.39, 0.29) is 6.61 Å². The molecule has 0 rings (SSSR count). The number of unbranched alkanes of at least 4 members (excludes halogenated alkanes) is 2. The second-order valence-corrected chi connectivity index (χ2v) is 4.99. The van der Waals surface area contributed by atoms with Gasteiger partial charge in [0.1, 0.15) is 0 Å². The average molecular weight is 242 g/mol. The fraction of sp³-hybridized carbons (Fsp3) is 1.00. The van der Waals surface area contributed by atoms with Crippen molar-refractivity contribution < 1.29 is 28.2 Å². The summed E-state index contributed by atoms with van der Waals surface area (Å²) in [6, 6.07) is 0. The molecule has 1 unspecified atom stereocenters. The molecule has 0 fully saturated rings. The van der Waals surface area contributed by atoms with E-state index in [1.54, 1.807) is 6.92 Å². The highest BCUT2D eigenvalue weighted by molar-refractivity contribution is 7.86. The van der Waals surface area contributed by atoms with Crippen LogP contribution in [0.5, 0.6) is 0 Å². The van der Waals surface area contributed by atoms with E-state index in [2.05, 4.69) is 9.93 Å². The first-order valence-corrected chi connectivity index (χ1v) is 6.42. The molecule has 0 aromatic rings. The van der Waals surface area contributed by atoms with E-state index >= 15 is 0 Å². The fourth-order valence-electron chi connectivity index (χ4n) is 1.31. The summed E-state index contributed by atoms with van der Waals surface area (Å²) in [4.78, 5) is 4.22. The third-order valence-electron chi connectivity index (χ3n) is 2.18. The van der Waals surface area contributed by atoms with Crippen molar-refractivity contribution in [3.8, 4) is 0 Å². The molecule has 0 aromatic carbocycles. The average Bonchev–Trinajstić information content (AvgIpc) is 2.15. The van der Waals surface area contributed by atoms with Gasteiger partial charge in [0.2, 0.25) is 0 Å². The van der Waals surface area contributed by atoms with Gasteiger partial charge in [-0.1, -0.05) is 24.8 Å². The lowest BCUT2D eigenvalue weighted by atomic mass is 10.1. The molecule has 92 valence electrons. The van der Waals surface area contributed by atoms with Crippen LogP contribution < -0.4 is 0 Å². The Balaban J connectivity index is 3.57. The minimum atomic E-state index is -3.91. The van der Waals surface area contributed by atoms with E-state index in [0.29, 0.717) is 25.7 Å². The molecule has 0 bridgehead atoms. The van der Waals surface area contributed by atoms with Crippen LogP contribution in [0.25, 0.3) is 0 Å². The van der Waals surface area contributed by atoms with Gasteiger partial charge >= 0.3 is 0 Å². The Morgan fingerprint density at radius 3 is 2.40 bits per heavy atom. The maximum Gasteiger partial charge on any atom is 0.267 e. The number of hydrogen-bond donors (Lipinski definition) is 2. The molecule has 7 heteroatoms. The summed E-state index contributed by atoms with van der Waals surface area (Å²) in [5.74, 6) is 0. The Morgan fingerprint density at radius 1 is 1.27 bits per heavy atom. The van der Waals surface area contributed by atoms with Gasteiger partial charge in [0.05, 0.1) is 11.9 Å². The lowest BCUT2D eigenvalue weighted by Crippen LogP contribution is -2.19. The fourth-order valence-corrected chi connectivity index (χ4v) is 2.20. The first-order chi connectivity index (χ1) is 7.02. The SMILES string of the molecule is CCC(CCCCCOOO)S(=O)(=O)O. The summed E-state index contributed by atoms with van der Waals surface area (Å²) in [5.41, 5.74) is 0. The van der Waals surface area contributed by atoms with Crippen LogP contribution in [0.1, 0.15) is 39.0 Å². The molecule has 0 radical (unpaired) electrons. The number of hydrogen-bond acceptors (Lipinski definition) is 5. The molecule has 0 heterocycles. The predicted molar refractivity (Wildman–Crippen MR) is 53.8 cm³/mol. The third-order valence-corrected chi connectivity index (χ3v) is 3.59. The van der Waals surface area contributed by atoms with E-state index in [4.69, 9.17) is 9.81 Å². The zero-order valence-corrected chi connectivity index (χ0v) is 9.57. The van der Waals surface area contributed by atoms with Gasteiger partial charge in [0.25, 0.3) is 10.1 Å². The monoisotopic (exact) mass is 242 g/mol. The molecule has 6 nitrogen and oxygen atoms in total. The number of rotatable bonds is 9. The van der Waals surface area contributed by atoms with Crippen LogP contribution in [0.2, 0.25) is 0 Å². The zero-order chi connectivity index (χ0) is 11.7. The summed E-state index contributed by atoms with van der Waals surface area (Å²) < 4.78 is 30.4. The van der Waals surface area contributed by atoms with Crippen LogP contribution in [0.4, 0.5) is 0 Å². The lowest BCUT2D eigenvalue weighted by Gasteiger charge is -2.10. The van der Waals surface area contributed by atoms with Gasteiger partial charge in [0, 0.05) is 0 Å². The lowest BCUT2D eigenvalue weighted by molar-refractivity contribution is -0.490. The van der Waals surface area contributed by atoms with Crippen LogP contribution in [-0.4, -0.2) is 30.1 Å². The molecular weight excluding hydrogens is 224 g/mol. The molecule has 15 heavy (non-hydrogen) atoms. The van der Waals surface area contributed by atoms with Crippen LogP contribution in [-0.2, 0) is 20.0 Å². The minimum Gasteiger partial charge on any atom is -0.285 e. The summed E-state index contributed by atoms with van der Waals surface area (Å²) in [6.07, 6.45) is 2.97.